The molecule has 6 heteroatoms. The Hall–Kier alpha value is -2.08. The molecule has 6 nitrogen and oxygen atoms in total. The first-order valence-corrected chi connectivity index (χ1v) is 7.08. The molecular weight excluding hydrogens is 268 g/mol. The number of carbonyl (C=O) groups excluding carboxylic acids is 2. The highest BCUT2D eigenvalue weighted by Gasteiger charge is 2.22. The maximum Gasteiger partial charge on any atom is 0.237 e. The largest absolute Gasteiger partial charge is 0.399 e. The number of hydrogen-bond donors (Lipinski definition) is 3. The second-order valence-corrected chi connectivity index (χ2v) is 5.08. The van der Waals surface area contributed by atoms with Crippen LogP contribution in [-0.2, 0) is 16.1 Å². The summed E-state index contributed by atoms with van der Waals surface area (Å²) in [5.74, 6) is -0.573. The number of nitrogens with one attached hydrogen (secondary N) is 1. The topological polar surface area (TPSA) is 101 Å². The molecular formula is C15H24N4O2. The van der Waals surface area contributed by atoms with Crippen LogP contribution < -0.4 is 16.8 Å². The summed E-state index contributed by atoms with van der Waals surface area (Å²) in [4.78, 5) is 25.0. The highest BCUT2D eigenvalue weighted by molar-refractivity contribution is 5.82. The van der Waals surface area contributed by atoms with E-state index in [0.29, 0.717) is 18.8 Å². The third-order valence-corrected chi connectivity index (χ3v) is 3.17. The number of primary amides is 1. The zero-order chi connectivity index (χ0) is 15.8. The Bertz CT molecular complexity index is 490. The van der Waals surface area contributed by atoms with E-state index in [1.807, 2.05) is 25.1 Å². The highest BCUT2D eigenvalue weighted by Crippen LogP contribution is 2.12. The van der Waals surface area contributed by atoms with E-state index in [1.54, 1.807) is 17.9 Å². The molecule has 0 heterocycles. The number of carbonyl (C=O) groups is 2. The molecule has 0 spiro atoms. The van der Waals surface area contributed by atoms with E-state index < -0.39 is 11.9 Å². The molecule has 0 bridgehead atoms. The van der Waals surface area contributed by atoms with Gasteiger partial charge >= 0.3 is 0 Å². The van der Waals surface area contributed by atoms with Crippen molar-refractivity contribution in [1.82, 2.24) is 10.2 Å². The molecule has 1 rings (SSSR count). The Morgan fingerprint density at radius 1 is 1.38 bits per heavy atom. The number of rotatable bonds is 8. The highest BCUT2D eigenvalue weighted by atomic mass is 16.2. The van der Waals surface area contributed by atoms with E-state index in [1.165, 1.54) is 0 Å². The molecule has 0 aliphatic carbocycles. The Morgan fingerprint density at radius 2 is 2.10 bits per heavy atom. The third-order valence-electron chi connectivity index (χ3n) is 3.17. The minimum atomic E-state index is -0.464. The van der Waals surface area contributed by atoms with E-state index in [4.69, 9.17) is 11.5 Å². The molecule has 0 saturated heterocycles. The third kappa shape index (κ3) is 5.83. The lowest BCUT2D eigenvalue weighted by Gasteiger charge is -2.27. The number of hydrogen-bond acceptors (Lipinski definition) is 4. The minimum Gasteiger partial charge on any atom is -0.399 e. The van der Waals surface area contributed by atoms with Gasteiger partial charge in [0.15, 0.2) is 0 Å². The van der Waals surface area contributed by atoms with Crippen LogP contribution in [-0.4, -0.2) is 35.8 Å². The van der Waals surface area contributed by atoms with Crippen molar-refractivity contribution in [1.29, 1.82) is 0 Å². The Labute approximate surface area is 125 Å². The fourth-order valence-electron chi connectivity index (χ4n) is 2.02. The molecule has 1 unspecified atom stereocenters. The normalized spacial score (nSPS) is 12.1. The van der Waals surface area contributed by atoms with Gasteiger partial charge in [0, 0.05) is 18.8 Å². The van der Waals surface area contributed by atoms with E-state index >= 15 is 0 Å². The fourth-order valence-corrected chi connectivity index (χ4v) is 2.02. The lowest BCUT2D eigenvalue weighted by molar-refractivity contribution is -0.127. The first-order chi connectivity index (χ1) is 9.93. The number of nitrogen functional groups attached to an aromatic ring is 1. The molecule has 5 N–H and O–H groups in total. The van der Waals surface area contributed by atoms with Crippen molar-refractivity contribution in [2.24, 2.45) is 5.73 Å². The summed E-state index contributed by atoms with van der Waals surface area (Å²) in [7, 11) is 0. The second-order valence-electron chi connectivity index (χ2n) is 5.08. The average Bonchev–Trinajstić information content (AvgIpc) is 2.42. The van der Waals surface area contributed by atoms with Gasteiger partial charge in [0.05, 0.1) is 12.6 Å². The van der Waals surface area contributed by atoms with Gasteiger partial charge in [0.2, 0.25) is 11.8 Å². The van der Waals surface area contributed by atoms with Crippen LogP contribution in [0.25, 0.3) is 0 Å². The van der Waals surface area contributed by atoms with Crippen molar-refractivity contribution < 1.29 is 9.59 Å². The lowest BCUT2D eigenvalue weighted by Crippen LogP contribution is -2.47. The number of benzene rings is 1. The van der Waals surface area contributed by atoms with Crippen LogP contribution in [0.15, 0.2) is 24.3 Å². The van der Waals surface area contributed by atoms with Crippen molar-refractivity contribution in [2.45, 2.75) is 32.9 Å². The first-order valence-electron chi connectivity index (χ1n) is 7.08. The molecule has 0 aromatic heterocycles. The van der Waals surface area contributed by atoms with Crippen LogP contribution in [0.1, 0.15) is 25.8 Å². The van der Waals surface area contributed by atoms with Gasteiger partial charge in [0.1, 0.15) is 0 Å². The summed E-state index contributed by atoms with van der Waals surface area (Å²) in [6.07, 6.45) is 0.865. The molecule has 0 aliphatic heterocycles. The van der Waals surface area contributed by atoms with E-state index in [2.05, 4.69) is 5.32 Å². The maximum atomic E-state index is 12.1. The standard InChI is InChI=1S/C15H24N4O2/c1-3-7-18-15(21)11(2)19(10-14(17)20)9-12-5-4-6-13(16)8-12/h4-6,8,11H,3,7,9-10,16H2,1-2H3,(H2,17,20)(H,18,21). The van der Waals surface area contributed by atoms with Crippen LogP contribution in [0.2, 0.25) is 0 Å². The van der Waals surface area contributed by atoms with Gasteiger partial charge in [-0.05, 0) is 31.0 Å². The van der Waals surface area contributed by atoms with Gasteiger partial charge in [-0.3, -0.25) is 14.5 Å². The summed E-state index contributed by atoms with van der Waals surface area (Å²) in [6, 6.07) is 6.92. The van der Waals surface area contributed by atoms with Crippen LogP contribution in [0.3, 0.4) is 0 Å². The number of nitrogens with two attached hydrogens (primary N) is 2. The van der Waals surface area contributed by atoms with Crippen molar-refractivity contribution >= 4 is 17.5 Å². The summed E-state index contributed by atoms with van der Waals surface area (Å²) >= 11 is 0. The maximum absolute atomic E-state index is 12.1. The van der Waals surface area contributed by atoms with Crippen molar-refractivity contribution in [3.05, 3.63) is 29.8 Å². The van der Waals surface area contributed by atoms with Crippen molar-refractivity contribution in [3.8, 4) is 0 Å². The molecule has 116 valence electrons. The predicted octanol–water partition coefficient (Wildman–Crippen LogP) is 0.471. The second kappa shape index (κ2) is 8.26. The molecule has 2 amide bonds. The van der Waals surface area contributed by atoms with Crippen LogP contribution >= 0.6 is 0 Å². The van der Waals surface area contributed by atoms with Crippen LogP contribution in [0, 0.1) is 0 Å². The van der Waals surface area contributed by atoms with E-state index in [9.17, 15) is 9.59 Å². The van der Waals surface area contributed by atoms with Gasteiger partial charge in [-0.25, -0.2) is 0 Å². The van der Waals surface area contributed by atoms with E-state index in [-0.39, 0.29) is 12.5 Å². The summed E-state index contributed by atoms with van der Waals surface area (Å²) in [5, 5.41) is 2.83. The Kier molecular flexibility index (Phi) is 6.68. The number of nitrogens with zero attached hydrogens (tertiary/aromatic N) is 1. The lowest BCUT2D eigenvalue weighted by atomic mass is 10.1. The summed E-state index contributed by atoms with van der Waals surface area (Å²) in [5.41, 5.74) is 12.6. The van der Waals surface area contributed by atoms with Crippen LogP contribution in [0.4, 0.5) is 5.69 Å². The first kappa shape index (κ1) is 17.0. The predicted molar refractivity (Wildman–Crippen MR) is 83.2 cm³/mol. The van der Waals surface area contributed by atoms with Gasteiger partial charge in [-0.15, -0.1) is 0 Å². The average molecular weight is 292 g/mol. The molecule has 0 saturated carbocycles. The summed E-state index contributed by atoms with van der Waals surface area (Å²) < 4.78 is 0. The quantitative estimate of drug-likeness (QED) is 0.606. The van der Waals surface area contributed by atoms with Crippen molar-refractivity contribution in [2.75, 3.05) is 18.8 Å². The van der Waals surface area contributed by atoms with E-state index in [0.717, 1.165) is 12.0 Å². The molecule has 1 aromatic rings. The molecule has 21 heavy (non-hydrogen) atoms. The molecule has 0 fully saturated rings. The zero-order valence-electron chi connectivity index (χ0n) is 12.6. The Balaban J connectivity index is 2.79. The SMILES string of the molecule is CCCNC(=O)C(C)N(CC(N)=O)Cc1cccc(N)c1. The van der Waals surface area contributed by atoms with Gasteiger partial charge in [0.25, 0.3) is 0 Å². The van der Waals surface area contributed by atoms with Gasteiger partial charge in [-0.2, -0.15) is 0 Å². The van der Waals surface area contributed by atoms with Crippen molar-refractivity contribution in [3.63, 3.8) is 0 Å². The zero-order valence-corrected chi connectivity index (χ0v) is 12.6. The fraction of sp³-hybridized carbons (Fsp3) is 0.467. The van der Waals surface area contributed by atoms with Gasteiger partial charge < -0.3 is 16.8 Å². The molecule has 0 radical (unpaired) electrons. The Morgan fingerprint density at radius 3 is 2.67 bits per heavy atom. The van der Waals surface area contributed by atoms with Crippen LogP contribution in [0.5, 0.6) is 0 Å². The number of amides is 2. The minimum absolute atomic E-state index is 0.0233. The monoisotopic (exact) mass is 292 g/mol. The van der Waals surface area contributed by atoms with Gasteiger partial charge in [-0.1, -0.05) is 19.1 Å². The molecule has 1 atom stereocenters. The summed E-state index contributed by atoms with van der Waals surface area (Å²) in [6.45, 7) is 4.83. The number of anilines is 1. The molecule has 1 aromatic carbocycles. The smallest absolute Gasteiger partial charge is 0.237 e. The molecule has 0 aliphatic rings.